The molecule has 3 aromatic carbocycles. The molecule has 1 aliphatic carbocycles. The van der Waals surface area contributed by atoms with Crippen LogP contribution in [-0.2, 0) is 6.61 Å². The number of fused-ring (bicyclic) bond motifs is 1. The van der Waals surface area contributed by atoms with Gasteiger partial charge >= 0.3 is 0 Å². The van der Waals surface area contributed by atoms with E-state index >= 15 is 0 Å². The fourth-order valence-corrected chi connectivity index (χ4v) is 5.28. The lowest BCUT2D eigenvalue weighted by molar-refractivity contribution is -0.0875. The van der Waals surface area contributed by atoms with Crippen LogP contribution < -0.4 is 9.47 Å². The van der Waals surface area contributed by atoms with Crippen LogP contribution in [0.5, 0.6) is 11.5 Å². The summed E-state index contributed by atoms with van der Waals surface area (Å²) in [5.74, 6) is -1.91. The number of hydrogen-bond donors (Lipinski definition) is 3. The van der Waals surface area contributed by atoms with E-state index < -0.39 is 41.3 Å². The zero-order valence-corrected chi connectivity index (χ0v) is 19.6. The summed E-state index contributed by atoms with van der Waals surface area (Å²) < 4.78 is 40.5. The van der Waals surface area contributed by atoms with Gasteiger partial charge in [-0.15, -0.1) is 0 Å². The number of ether oxygens (including phenoxy) is 2. The van der Waals surface area contributed by atoms with E-state index in [0.29, 0.717) is 18.7 Å². The first-order valence-electron chi connectivity index (χ1n) is 12.0. The Morgan fingerprint density at radius 3 is 2.28 bits per heavy atom. The zero-order chi connectivity index (χ0) is 25.3. The average molecular weight is 498 g/mol. The highest BCUT2D eigenvalue weighted by atomic mass is 19.1. The molecule has 8 heteroatoms. The summed E-state index contributed by atoms with van der Waals surface area (Å²) in [6.45, 7) is 0.608. The number of β-amino-alcohol motifs (C(OH)–C–C–N with tert-alkyl or cyclic N) is 2. The van der Waals surface area contributed by atoms with Crippen molar-refractivity contribution in [3.63, 3.8) is 0 Å². The van der Waals surface area contributed by atoms with E-state index in [1.807, 2.05) is 36.4 Å². The molecular weight excluding hydrogens is 468 g/mol. The van der Waals surface area contributed by atoms with Crippen LogP contribution in [0.4, 0.5) is 8.78 Å². The number of benzene rings is 3. The van der Waals surface area contributed by atoms with E-state index in [0.717, 1.165) is 17.7 Å². The lowest BCUT2D eigenvalue weighted by Gasteiger charge is -2.29. The molecule has 190 valence electrons. The SMILES string of the molecule is OC(CN1C[C@@H]2C[C@@H](Oc3ccccc3)[C@@H](O)[C@]2(O)C1)c1cc(F)c(OCc2ccccc2)c(F)c1. The van der Waals surface area contributed by atoms with E-state index in [1.165, 1.54) is 0 Å². The monoisotopic (exact) mass is 497 g/mol. The van der Waals surface area contributed by atoms with Crippen LogP contribution in [0.25, 0.3) is 0 Å². The molecule has 6 nitrogen and oxygen atoms in total. The van der Waals surface area contributed by atoms with Crippen molar-refractivity contribution in [2.24, 2.45) is 5.92 Å². The normalized spacial score (nSPS) is 26.5. The van der Waals surface area contributed by atoms with Gasteiger partial charge in [-0.25, -0.2) is 8.78 Å². The number of aliphatic hydroxyl groups excluding tert-OH is 2. The van der Waals surface area contributed by atoms with Crippen LogP contribution in [0.2, 0.25) is 0 Å². The Hall–Kier alpha value is -3.04. The maximum Gasteiger partial charge on any atom is 0.191 e. The minimum atomic E-state index is -1.38. The van der Waals surface area contributed by atoms with Gasteiger partial charge in [-0.1, -0.05) is 48.5 Å². The quantitative estimate of drug-likeness (QED) is 0.442. The lowest BCUT2D eigenvalue weighted by atomic mass is 9.93. The van der Waals surface area contributed by atoms with Gasteiger partial charge in [0.25, 0.3) is 0 Å². The summed E-state index contributed by atoms with van der Waals surface area (Å²) in [6.07, 6.45) is -2.37. The third kappa shape index (κ3) is 4.95. The summed E-state index contributed by atoms with van der Waals surface area (Å²) in [4.78, 5) is 1.80. The van der Waals surface area contributed by atoms with Crippen LogP contribution in [0.1, 0.15) is 23.7 Å². The standard InChI is InChI=1S/C28H29F2NO5/c29-22-11-19(12-23(30)26(22)35-16-18-7-3-1-4-8-18)24(32)15-31-14-20-13-25(27(33)28(20,34)17-31)36-21-9-5-2-6-10-21/h1-12,20,24-25,27,32-34H,13-17H2/t20-,24?,25+,27+,28-/m0/s1. The van der Waals surface area contributed by atoms with Crippen molar-refractivity contribution in [3.05, 3.63) is 95.6 Å². The van der Waals surface area contributed by atoms with Gasteiger partial charge in [-0.3, -0.25) is 4.90 Å². The molecule has 0 bridgehead atoms. The highest BCUT2D eigenvalue weighted by molar-refractivity contribution is 5.33. The first kappa shape index (κ1) is 24.6. The smallest absolute Gasteiger partial charge is 0.191 e. The Bertz CT molecular complexity index is 1160. The molecule has 1 unspecified atom stereocenters. The number of rotatable bonds is 8. The molecule has 0 radical (unpaired) electrons. The number of likely N-dealkylation sites (tertiary alicyclic amines) is 1. The summed E-state index contributed by atoms with van der Waals surface area (Å²) >= 11 is 0. The summed E-state index contributed by atoms with van der Waals surface area (Å²) in [5.41, 5.74) is -0.534. The highest BCUT2D eigenvalue weighted by Crippen LogP contribution is 2.44. The van der Waals surface area contributed by atoms with Crippen molar-refractivity contribution in [2.45, 2.75) is 36.9 Å². The summed E-state index contributed by atoms with van der Waals surface area (Å²) in [6, 6.07) is 20.3. The number of aliphatic hydroxyl groups is 3. The molecule has 2 aliphatic rings. The first-order valence-corrected chi connectivity index (χ1v) is 12.0. The van der Waals surface area contributed by atoms with Gasteiger partial charge in [-0.05, 0) is 41.8 Å². The van der Waals surface area contributed by atoms with Gasteiger partial charge in [0.2, 0.25) is 0 Å². The molecule has 1 saturated heterocycles. The van der Waals surface area contributed by atoms with Crippen LogP contribution in [-0.4, -0.2) is 57.7 Å². The third-order valence-electron chi connectivity index (χ3n) is 7.14. The average Bonchev–Trinajstić information content (AvgIpc) is 3.29. The van der Waals surface area contributed by atoms with Crippen LogP contribution >= 0.6 is 0 Å². The Kier molecular flexibility index (Phi) is 6.94. The topological polar surface area (TPSA) is 82.4 Å². The minimum absolute atomic E-state index is 0.0155. The highest BCUT2D eigenvalue weighted by Gasteiger charge is 2.59. The molecule has 1 heterocycles. The molecule has 36 heavy (non-hydrogen) atoms. The molecule has 1 saturated carbocycles. The van der Waals surface area contributed by atoms with E-state index in [2.05, 4.69) is 0 Å². The fourth-order valence-electron chi connectivity index (χ4n) is 5.28. The van der Waals surface area contributed by atoms with Gasteiger partial charge < -0.3 is 24.8 Å². The van der Waals surface area contributed by atoms with Crippen molar-refractivity contribution < 1.29 is 33.6 Å². The van der Waals surface area contributed by atoms with Crippen molar-refractivity contribution >= 4 is 0 Å². The van der Waals surface area contributed by atoms with E-state index in [-0.39, 0.29) is 31.2 Å². The summed E-state index contributed by atoms with van der Waals surface area (Å²) in [5, 5.41) is 32.7. The molecule has 5 atom stereocenters. The number of hydrogen-bond acceptors (Lipinski definition) is 6. The summed E-state index contributed by atoms with van der Waals surface area (Å²) in [7, 11) is 0. The Labute approximate surface area is 208 Å². The molecule has 3 aromatic rings. The fraction of sp³-hybridized carbons (Fsp3) is 0.357. The van der Waals surface area contributed by atoms with Crippen molar-refractivity contribution in [1.29, 1.82) is 0 Å². The molecule has 0 spiro atoms. The number of nitrogens with zero attached hydrogens (tertiary/aromatic N) is 1. The van der Waals surface area contributed by atoms with Crippen LogP contribution in [0.15, 0.2) is 72.8 Å². The van der Waals surface area contributed by atoms with E-state index in [9.17, 15) is 24.1 Å². The number of halogens is 2. The van der Waals surface area contributed by atoms with E-state index in [1.54, 1.807) is 29.2 Å². The molecule has 3 N–H and O–H groups in total. The van der Waals surface area contributed by atoms with Crippen molar-refractivity contribution in [3.8, 4) is 11.5 Å². The van der Waals surface area contributed by atoms with Crippen molar-refractivity contribution in [2.75, 3.05) is 19.6 Å². The third-order valence-corrected chi connectivity index (χ3v) is 7.14. The first-order chi connectivity index (χ1) is 17.3. The predicted octanol–water partition coefficient (Wildman–Crippen LogP) is 3.45. The molecule has 5 rings (SSSR count). The Balaban J connectivity index is 1.20. The second-order valence-corrected chi connectivity index (χ2v) is 9.64. The zero-order valence-electron chi connectivity index (χ0n) is 19.6. The Morgan fingerprint density at radius 2 is 1.64 bits per heavy atom. The Morgan fingerprint density at radius 1 is 1.00 bits per heavy atom. The van der Waals surface area contributed by atoms with Crippen LogP contribution in [0, 0.1) is 17.6 Å². The minimum Gasteiger partial charge on any atom is -0.488 e. The van der Waals surface area contributed by atoms with E-state index in [4.69, 9.17) is 9.47 Å². The van der Waals surface area contributed by atoms with Gasteiger partial charge in [0.1, 0.15) is 30.2 Å². The maximum absolute atomic E-state index is 14.6. The maximum atomic E-state index is 14.6. The number of para-hydroxylation sites is 1. The molecule has 1 aliphatic heterocycles. The van der Waals surface area contributed by atoms with Gasteiger partial charge in [0.05, 0.1) is 6.10 Å². The largest absolute Gasteiger partial charge is 0.488 e. The second kappa shape index (κ2) is 10.1. The molecule has 0 aromatic heterocycles. The molecule has 0 amide bonds. The van der Waals surface area contributed by atoms with Gasteiger partial charge in [-0.2, -0.15) is 0 Å². The van der Waals surface area contributed by atoms with Gasteiger partial charge in [0.15, 0.2) is 17.4 Å². The second-order valence-electron chi connectivity index (χ2n) is 9.64. The molecule has 2 fully saturated rings. The predicted molar refractivity (Wildman–Crippen MR) is 128 cm³/mol. The lowest BCUT2D eigenvalue weighted by Crippen LogP contribution is -2.49. The van der Waals surface area contributed by atoms with Gasteiger partial charge in [0, 0.05) is 25.6 Å². The van der Waals surface area contributed by atoms with Crippen molar-refractivity contribution in [1.82, 2.24) is 4.90 Å². The van der Waals surface area contributed by atoms with Crippen LogP contribution in [0.3, 0.4) is 0 Å². The molecular formula is C28H29F2NO5.